The van der Waals surface area contributed by atoms with Crippen LogP contribution in [0.5, 0.6) is 5.75 Å². The number of carbonyl (C=O) groups is 1. The van der Waals surface area contributed by atoms with Crippen LogP contribution < -0.4 is 4.74 Å². The van der Waals surface area contributed by atoms with Crippen LogP contribution in [-0.4, -0.2) is 50.3 Å². The van der Waals surface area contributed by atoms with Gasteiger partial charge in [-0.1, -0.05) is 31.2 Å². The summed E-state index contributed by atoms with van der Waals surface area (Å²) in [6.45, 7) is 4.73. The zero-order chi connectivity index (χ0) is 20.3. The third-order valence-corrected chi connectivity index (χ3v) is 7.07. The first kappa shape index (κ1) is 20.4. The average molecular weight is 403 g/mol. The molecule has 0 bridgehead atoms. The molecule has 0 radical (unpaired) electrons. The van der Waals surface area contributed by atoms with Gasteiger partial charge in [0.1, 0.15) is 5.75 Å². The summed E-state index contributed by atoms with van der Waals surface area (Å²) in [6.07, 6.45) is 0.790. The van der Waals surface area contributed by atoms with Gasteiger partial charge in [0.15, 0.2) is 0 Å². The summed E-state index contributed by atoms with van der Waals surface area (Å²) in [5.41, 5.74) is 3.11. The minimum absolute atomic E-state index is 0.161. The highest BCUT2D eigenvalue weighted by Gasteiger charge is 2.29. The molecule has 0 unspecified atom stereocenters. The number of rotatable bonds is 6. The zero-order valence-corrected chi connectivity index (χ0v) is 17.3. The monoisotopic (exact) mass is 402 g/mol. The van der Waals surface area contributed by atoms with Crippen molar-refractivity contribution in [3.63, 3.8) is 0 Å². The Labute approximate surface area is 166 Å². The van der Waals surface area contributed by atoms with E-state index in [0.29, 0.717) is 18.8 Å². The second-order valence-corrected chi connectivity index (χ2v) is 8.83. The zero-order valence-electron chi connectivity index (χ0n) is 16.5. The molecule has 0 saturated heterocycles. The molecule has 0 aromatic heterocycles. The number of sulfonamides is 1. The van der Waals surface area contributed by atoms with E-state index < -0.39 is 10.0 Å². The molecule has 1 aliphatic heterocycles. The Hall–Kier alpha value is -2.38. The SMILES string of the molecule is CCN(CC(=O)N1CCc2ccccc2C1)S(=O)(=O)c1ccc(OC)c(C)c1. The first-order chi connectivity index (χ1) is 13.4. The first-order valence-corrected chi connectivity index (χ1v) is 10.8. The van der Waals surface area contributed by atoms with Crippen LogP contribution in [0.4, 0.5) is 0 Å². The maximum Gasteiger partial charge on any atom is 0.243 e. The summed E-state index contributed by atoms with van der Waals surface area (Å²) < 4.78 is 32.5. The lowest BCUT2D eigenvalue weighted by Gasteiger charge is -2.31. The van der Waals surface area contributed by atoms with E-state index in [1.807, 2.05) is 18.2 Å². The van der Waals surface area contributed by atoms with E-state index in [9.17, 15) is 13.2 Å². The topological polar surface area (TPSA) is 66.9 Å². The Morgan fingerprint density at radius 2 is 1.89 bits per heavy atom. The minimum Gasteiger partial charge on any atom is -0.496 e. The molecule has 0 saturated carbocycles. The number of methoxy groups -OCH3 is 1. The fourth-order valence-electron chi connectivity index (χ4n) is 3.49. The number of nitrogens with zero attached hydrogens (tertiary/aromatic N) is 2. The van der Waals surface area contributed by atoms with E-state index in [0.717, 1.165) is 17.5 Å². The summed E-state index contributed by atoms with van der Waals surface area (Å²) in [5.74, 6) is 0.454. The largest absolute Gasteiger partial charge is 0.496 e. The van der Waals surface area contributed by atoms with Crippen molar-refractivity contribution in [1.82, 2.24) is 9.21 Å². The van der Waals surface area contributed by atoms with Crippen LogP contribution in [0.3, 0.4) is 0 Å². The van der Waals surface area contributed by atoms with Crippen molar-refractivity contribution < 1.29 is 17.9 Å². The maximum atomic E-state index is 13.0. The van der Waals surface area contributed by atoms with Crippen molar-refractivity contribution in [2.24, 2.45) is 0 Å². The number of ether oxygens (including phenoxy) is 1. The van der Waals surface area contributed by atoms with Gasteiger partial charge in [-0.2, -0.15) is 4.31 Å². The molecule has 0 aliphatic carbocycles. The normalized spacial score (nSPS) is 14.1. The van der Waals surface area contributed by atoms with Crippen molar-refractivity contribution >= 4 is 15.9 Å². The lowest BCUT2D eigenvalue weighted by atomic mass is 10.00. The molecule has 0 fully saturated rings. The van der Waals surface area contributed by atoms with E-state index in [-0.39, 0.29) is 23.9 Å². The summed E-state index contributed by atoms with van der Waals surface area (Å²) in [7, 11) is -2.22. The summed E-state index contributed by atoms with van der Waals surface area (Å²) in [5, 5.41) is 0. The number of likely N-dealkylation sites (N-methyl/N-ethyl adjacent to an activating group) is 1. The van der Waals surface area contributed by atoms with Gasteiger partial charge in [-0.3, -0.25) is 4.79 Å². The Morgan fingerprint density at radius 3 is 2.54 bits per heavy atom. The van der Waals surface area contributed by atoms with Crippen molar-refractivity contribution in [3.05, 3.63) is 59.2 Å². The molecule has 1 aliphatic rings. The first-order valence-electron chi connectivity index (χ1n) is 9.36. The fraction of sp³-hybridized carbons (Fsp3) is 0.381. The smallest absolute Gasteiger partial charge is 0.243 e. The van der Waals surface area contributed by atoms with Crippen molar-refractivity contribution in [2.75, 3.05) is 26.7 Å². The molecule has 3 rings (SSSR count). The Kier molecular flexibility index (Phi) is 6.05. The molecular weight excluding hydrogens is 376 g/mol. The molecule has 1 heterocycles. The highest BCUT2D eigenvalue weighted by Crippen LogP contribution is 2.24. The molecule has 150 valence electrons. The van der Waals surface area contributed by atoms with Gasteiger partial charge < -0.3 is 9.64 Å². The second kappa shape index (κ2) is 8.32. The van der Waals surface area contributed by atoms with E-state index in [1.54, 1.807) is 38.0 Å². The second-order valence-electron chi connectivity index (χ2n) is 6.90. The van der Waals surface area contributed by atoms with Gasteiger partial charge in [-0.05, 0) is 48.2 Å². The fourth-order valence-corrected chi connectivity index (χ4v) is 4.97. The summed E-state index contributed by atoms with van der Waals surface area (Å²) >= 11 is 0. The van der Waals surface area contributed by atoms with Crippen LogP contribution in [0, 0.1) is 6.92 Å². The van der Waals surface area contributed by atoms with E-state index in [2.05, 4.69) is 6.07 Å². The number of aryl methyl sites for hydroxylation is 1. The number of carbonyl (C=O) groups excluding carboxylic acids is 1. The number of amides is 1. The maximum absolute atomic E-state index is 13.0. The third kappa shape index (κ3) is 4.05. The minimum atomic E-state index is -3.76. The van der Waals surface area contributed by atoms with Crippen LogP contribution in [0.25, 0.3) is 0 Å². The summed E-state index contributed by atoms with van der Waals surface area (Å²) in [4.78, 5) is 14.7. The standard InChI is InChI=1S/C21H26N2O4S/c1-4-23(28(25,26)19-9-10-20(27-3)16(2)13-19)15-21(24)22-12-11-17-7-5-6-8-18(17)14-22/h5-10,13H,4,11-12,14-15H2,1-3H3. The Morgan fingerprint density at radius 1 is 1.18 bits per heavy atom. The van der Waals surface area contributed by atoms with Gasteiger partial charge in [0.05, 0.1) is 18.6 Å². The van der Waals surface area contributed by atoms with Crippen molar-refractivity contribution in [3.8, 4) is 5.75 Å². The molecule has 0 N–H and O–H groups in total. The highest BCUT2D eigenvalue weighted by atomic mass is 32.2. The van der Waals surface area contributed by atoms with Crippen LogP contribution in [0.1, 0.15) is 23.6 Å². The van der Waals surface area contributed by atoms with Crippen LogP contribution >= 0.6 is 0 Å². The molecule has 0 spiro atoms. The number of fused-ring (bicyclic) bond motifs is 1. The van der Waals surface area contributed by atoms with Crippen LogP contribution in [-0.2, 0) is 27.8 Å². The molecular formula is C21H26N2O4S. The Bertz CT molecular complexity index is 972. The van der Waals surface area contributed by atoms with Gasteiger partial charge in [0.25, 0.3) is 0 Å². The Balaban J connectivity index is 1.76. The van der Waals surface area contributed by atoms with Crippen LogP contribution in [0.15, 0.2) is 47.4 Å². The number of benzene rings is 2. The van der Waals surface area contributed by atoms with Gasteiger partial charge in [0.2, 0.25) is 15.9 Å². The molecule has 2 aromatic carbocycles. The molecule has 0 atom stereocenters. The molecule has 28 heavy (non-hydrogen) atoms. The molecule has 6 nitrogen and oxygen atoms in total. The van der Waals surface area contributed by atoms with Gasteiger partial charge in [0, 0.05) is 19.6 Å². The van der Waals surface area contributed by atoms with Crippen molar-refractivity contribution in [2.45, 2.75) is 31.7 Å². The van der Waals surface area contributed by atoms with E-state index >= 15 is 0 Å². The van der Waals surface area contributed by atoms with Gasteiger partial charge in [-0.25, -0.2) is 8.42 Å². The lowest BCUT2D eigenvalue weighted by molar-refractivity contribution is -0.132. The molecule has 7 heteroatoms. The molecule has 1 amide bonds. The molecule has 2 aromatic rings. The average Bonchev–Trinajstić information content (AvgIpc) is 2.71. The van der Waals surface area contributed by atoms with Gasteiger partial charge in [-0.15, -0.1) is 0 Å². The van der Waals surface area contributed by atoms with Gasteiger partial charge >= 0.3 is 0 Å². The number of hydrogen-bond donors (Lipinski definition) is 0. The van der Waals surface area contributed by atoms with E-state index in [4.69, 9.17) is 4.74 Å². The van der Waals surface area contributed by atoms with E-state index in [1.165, 1.54) is 15.9 Å². The number of hydrogen-bond acceptors (Lipinski definition) is 4. The van der Waals surface area contributed by atoms with Crippen molar-refractivity contribution in [1.29, 1.82) is 0 Å². The van der Waals surface area contributed by atoms with Crippen LogP contribution in [0.2, 0.25) is 0 Å². The third-order valence-electron chi connectivity index (χ3n) is 5.15. The predicted octanol–water partition coefficient (Wildman–Crippen LogP) is 2.60. The highest BCUT2D eigenvalue weighted by molar-refractivity contribution is 7.89. The quantitative estimate of drug-likeness (QED) is 0.745. The lowest BCUT2D eigenvalue weighted by Crippen LogP contribution is -2.44. The summed E-state index contributed by atoms with van der Waals surface area (Å²) in [6, 6.07) is 12.8. The predicted molar refractivity (Wildman–Crippen MR) is 108 cm³/mol.